The molecule has 9 heteroatoms. The minimum Gasteiger partial charge on any atom is -0.389 e. The summed E-state index contributed by atoms with van der Waals surface area (Å²) in [5.74, 6) is 0. The highest BCUT2D eigenvalue weighted by Gasteiger charge is 2.16. The van der Waals surface area contributed by atoms with E-state index in [1.165, 1.54) is 18.5 Å². The predicted molar refractivity (Wildman–Crippen MR) is 92.8 cm³/mol. The van der Waals surface area contributed by atoms with Crippen LogP contribution >= 0.6 is 44.1 Å². The van der Waals surface area contributed by atoms with E-state index < -0.39 is 10.0 Å². The van der Waals surface area contributed by atoms with Gasteiger partial charge in [0.05, 0.1) is 5.69 Å². The van der Waals surface area contributed by atoms with Gasteiger partial charge in [-0.15, -0.1) is 0 Å². The Kier molecular flexibility index (Phi) is 4.97. The topological polar surface area (TPSA) is 85.1 Å². The molecule has 2 rings (SSSR count). The summed E-state index contributed by atoms with van der Waals surface area (Å²) in [5.41, 5.74) is 6.55. The number of benzene rings is 1. The number of nitrogens with zero attached hydrogens (tertiary/aromatic N) is 1. The Morgan fingerprint density at radius 1 is 1.24 bits per heavy atom. The molecule has 2 aromatic rings. The van der Waals surface area contributed by atoms with Gasteiger partial charge in [-0.1, -0.05) is 12.2 Å². The molecule has 0 aliphatic carbocycles. The van der Waals surface area contributed by atoms with E-state index in [-0.39, 0.29) is 9.88 Å². The van der Waals surface area contributed by atoms with Gasteiger partial charge in [-0.3, -0.25) is 9.71 Å². The van der Waals surface area contributed by atoms with Crippen molar-refractivity contribution in [3.63, 3.8) is 0 Å². The number of halogens is 2. The van der Waals surface area contributed by atoms with Gasteiger partial charge in [-0.25, -0.2) is 8.42 Å². The summed E-state index contributed by atoms with van der Waals surface area (Å²) in [7, 11) is -3.73. The molecule has 0 amide bonds. The lowest BCUT2D eigenvalue weighted by molar-refractivity contribution is 0.600. The van der Waals surface area contributed by atoms with Gasteiger partial charge < -0.3 is 5.73 Å². The molecule has 0 fully saturated rings. The number of thiocarbonyl (C=S) groups is 1. The van der Waals surface area contributed by atoms with Crippen LogP contribution in [0.1, 0.15) is 5.56 Å². The van der Waals surface area contributed by atoms with Gasteiger partial charge in [0.2, 0.25) is 0 Å². The Hall–Kier alpha value is -1.03. The fourth-order valence-electron chi connectivity index (χ4n) is 1.49. The first-order chi connectivity index (χ1) is 9.79. The molecule has 3 N–H and O–H groups in total. The van der Waals surface area contributed by atoms with Gasteiger partial charge in [0.1, 0.15) is 9.88 Å². The predicted octanol–water partition coefficient (Wildman–Crippen LogP) is 3.04. The highest BCUT2D eigenvalue weighted by Crippen LogP contribution is 2.26. The summed E-state index contributed by atoms with van der Waals surface area (Å²) in [4.78, 5) is 4.14. The molecule has 0 saturated heterocycles. The minimum absolute atomic E-state index is 0.0576. The molecule has 21 heavy (non-hydrogen) atoms. The van der Waals surface area contributed by atoms with Gasteiger partial charge in [-0.05, 0) is 56.1 Å². The van der Waals surface area contributed by atoms with Crippen LogP contribution in [-0.2, 0) is 10.0 Å². The third-order valence-corrected chi connectivity index (χ3v) is 5.15. The first kappa shape index (κ1) is 16.3. The second-order valence-corrected chi connectivity index (χ2v) is 7.90. The van der Waals surface area contributed by atoms with Gasteiger partial charge >= 0.3 is 0 Å². The zero-order valence-electron chi connectivity index (χ0n) is 10.4. The van der Waals surface area contributed by atoms with Crippen molar-refractivity contribution in [2.24, 2.45) is 5.73 Å². The molecule has 1 heterocycles. The van der Waals surface area contributed by atoms with Gasteiger partial charge in [0.15, 0.2) is 0 Å². The van der Waals surface area contributed by atoms with Crippen molar-refractivity contribution in [3.8, 4) is 0 Å². The first-order valence-corrected chi connectivity index (χ1v) is 9.00. The molecule has 0 atom stereocenters. The molecule has 0 aliphatic heterocycles. The highest BCUT2D eigenvalue weighted by molar-refractivity contribution is 9.10. The number of aromatic nitrogens is 1. The van der Waals surface area contributed by atoms with Crippen LogP contribution in [0, 0.1) is 0 Å². The summed E-state index contributed by atoms with van der Waals surface area (Å²) in [6.07, 6.45) is 2.77. The van der Waals surface area contributed by atoms with Crippen LogP contribution in [0.5, 0.6) is 0 Å². The fraction of sp³-hybridized carbons (Fsp3) is 0. The second kappa shape index (κ2) is 6.39. The average Bonchev–Trinajstić information content (AvgIpc) is 2.40. The van der Waals surface area contributed by atoms with Gasteiger partial charge in [0.25, 0.3) is 10.0 Å². The fourth-order valence-corrected chi connectivity index (χ4v) is 3.81. The maximum absolute atomic E-state index is 12.3. The zero-order chi connectivity index (χ0) is 15.6. The smallest absolute Gasteiger partial charge is 0.263 e. The van der Waals surface area contributed by atoms with Crippen LogP contribution in [0.15, 0.2) is 50.5 Å². The summed E-state index contributed by atoms with van der Waals surface area (Å²) < 4.78 is 28.2. The monoisotopic (exact) mass is 449 g/mol. The summed E-state index contributed by atoms with van der Waals surface area (Å²) in [5, 5.41) is 0. The van der Waals surface area contributed by atoms with E-state index in [1.54, 1.807) is 18.2 Å². The summed E-state index contributed by atoms with van der Waals surface area (Å²) in [6.45, 7) is 0. The van der Waals surface area contributed by atoms with Crippen molar-refractivity contribution in [1.82, 2.24) is 4.98 Å². The van der Waals surface area contributed by atoms with Crippen LogP contribution in [-0.4, -0.2) is 18.4 Å². The molecule has 0 aliphatic rings. The minimum atomic E-state index is -3.73. The molecule has 0 bridgehead atoms. The van der Waals surface area contributed by atoms with Crippen LogP contribution < -0.4 is 10.5 Å². The number of nitrogens with two attached hydrogens (primary N) is 1. The van der Waals surface area contributed by atoms with Gasteiger partial charge in [-0.2, -0.15) is 0 Å². The van der Waals surface area contributed by atoms with Crippen LogP contribution in [0.25, 0.3) is 0 Å². The van der Waals surface area contributed by atoms with Gasteiger partial charge in [0, 0.05) is 26.9 Å². The molecular formula is C12H9Br2N3O2S2. The Morgan fingerprint density at radius 2 is 1.95 bits per heavy atom. The summed E-state index contributed by atoms with van der Waals surface area (Å²) in [6, 6.07) is 6.34. The van der Waals surface area contributed by atoms with Crippen molar-refractivity contribution in [2.45, 2.75) is 4.90 Å². The molecule has 0 saturated carbocycles. The number of nitrogens with one attached hydrogen (secondary N) is 1. The molecular weight excluding hydrogens is 442 g/mol. The largest absolute Gasteiger partial charge is 0.389 e. The maximum atomic E-state index is 12.3. The van der Waals surface area contributed by atoms with Crippen molar-refractivity contribution in [2.75, 3.05) is 4.72 Å². The van der Waals surface area contributed by atoms with E-state index in [2.05, 4.69) is 41.6 Å². The quantitative estimate of drug-likeness (QED) is 0.699. The van der Waals surface area contributed by atoms with Crippen molar-refractivity contribution >= 4 is 64.8 Å². The molecule has 0 radical (unpaired) electrons. The molecule has 0 spiro atoms. The second-order valence-electron chi connectivity index (χ2n) is 4.00. The Labute approximate surface area is 144 Å². The number of hydrogen-bond donors (Lipinski definition) is 2. The number of hydrogen-bond acceptors (Lipinski definition) is 4. The SMILES string of the molecule is NC(=S)c1ccc(NS(=O)(=O)c2cncc(Br)c2)c(Br)c1. The first-order valence-electron chi connectivity index (χ1n) is 5.52. The molecule has 0 unspecified atom stereocenters. The lowest BCUT2D eigenvalue weighted by Crippen LogP contribution is -2.14. The van der Waals surface area contributed by atoms with E-state index >= 15 is 0 Å². The lowest BCUT2D eigenvalue weighted by Gasteiger charge is -2.10. The maximum Gasteiger partial charge on any atom is 0.263 e. The van der Waals surface area contributed by atoms with E-state index in [9.17, 15) is 8.42 Å². The Balaban J connectivity index is 2.35. The van der Waals surface area contributed by atoms with Crippen LogP contribution in [0.4, 0.5) is 5.69 Å². The van der Waals surface area contributed by atoms with Crippen molar-refractivity contribution in [1.29, 1.82) is 0 Å². The number of anilines is 1. The van der Waals surface area contributed by atoms with Crippen LogP contribution in [0.2, 0.25) is 0 Å². The molecule has 110 valence electrons. The van der Waals surface area contributed by atoms with E-state index in [4.69, 9.17) is 18.0 Å². The number of pyridine rings is 1. The molecule has 1 aromatic heterocycles. The lowest BCUT2D eigenvalue weighted by atomic mass is 10.2. The van der Waals surface area contributed by atoms with Crippen molar-refractivity contribution in [3.05, 3.63) is 51.2 Å². The van der Waals surface area contributed by atoms with Crippen molar-refractivity contribution < 1.29 is 8.42 Å². The third-order valence-electron chi connectivity index (χ3n) is 2.49. The zero-order valence-corrected chi connectivity index (χ0v) is 15.2. The molecule has 1 aromatic carbocycles. The van der Waals surface area contributed by atoms with E-state index in [0.717, 1.165) is 0 Å². The Morgan fingerprint density at radius 3 is 2.52 bits per heavy atom. The molecule has 5 nitrogen and oxygen atoms in total. The summed E-state index contributed by atoms with van der Waals surface area (Å²) >= 11 is 11.3. The normalized spacial score (nSPS) is 11.1. The van der Waals surface area contributed by atoms with E-state index in [0.29, 0.717) is 20.2 Å². The average molecular weight is 451 g/mol. The number of sulfonamides is 1. The van der Waals surface area contributed by atoms with E-state index in [1.807, 2.05) is 0 Å². The van der Waals surface area contributed by atoms with Crippen LogP contribution in [0.3, 0.4) is 0 Å². The highest BCUT2D eigenvalue weighted by atomic mass is 79.9. The standard InChI is InChI=1S/C12H9Br2N3O2S2/c13-8-4-9(6-16-5-8)21(18,19)17-11-2-1-7(12(15)20)3-10(11)14/h1-6,17H,(H2,15,20). The third kappa shape index (κ3) is 4.00. The Bertz CT molecular complexity index is 810. The number of rotatable bonds is 4.